The predicted octanol–water partition coefficient (Wildman–Crippen LogP) is 3.90. The minimum atomic E-state index is -5.03. The SMILES string of the molecule is O=C(CCc1cccc(F)c1)Nc1ccccc1NC(=O)C(F)(F)F. The molecule has 0 aromatic heterocycles. The lowest BCUT2D eigenvalue weighted by Gasteiger charge is -2.13. The van der Waals surface area contributed by atoms with Crippen molar-refractivity contribution in [2.75, 3.05) is 10.6 Å². The fourth-order valence-corrected chi connectivity index (χ4v) is 2.06. The lowest BCUT2D eigenvalue weighted by Crippen LogP contribution is -2.30. The average molecular weight is 354 g/mol. The van der Waals surface area contributed by atoms with Gasteiger partial charge in [-0.25, -0.2) is 4.39 Å². The molecule has 0 aliphatic rings. The minimum absolute atomic E-state index is 0.00497. The van der Waals surface area contributed by atoms with Crippen LogP contribution in [0.1, 0.15) is 12.0 Å². The lowest BCUT2D eigenvalue weighted by atomic mass is 10.1. The van der Waals surface area contributed by atoms with Crippen molar-refractivity contribution in [2.45, 2.75) is 19.0 Å². The van der Waals surface area contributed by atoms with E-state index in [0.717, 1.165) is 0 Å². The molecule has 132 valence electrons. The molecule has 25 heavy (non-hydrogen) atoms. The summed E-state index contributed by atoms with van der Waals surface area (Å²) in [4.78, 5) is 23.0. The van der Waals surface area contributed by atoms with Gasteiger partial charge < -0.3 is 10.6 Å². The second-order valence-corrected chi connectivity index (χ2v) is 5.18. The molecule has 2 aromatic rings. The molecule has 0 fully saturated rings. The largest absolute Gasteiger partial charge is 0.471 e. The van der Waals surface area contributed by atoms with Crippen LogP contribution < -0.4 is 10.6 Å². The van der Waals surface area contributed by atoms with Gasteiger partial charge in [0.1, 0.15) is 5.82 Å². The number of para-hydroxylation sites is 2. The van der Waals surface area contributed by atoms with Crippen LogP contribution in [0.25, 0.3) is 0 Å². The number of halogens is 4. The van der Waals surface area contributed by atoms with E-state index in [2.05, 4.69) is 5.32 Å². The second-order valence-electron chi connectivity index (χ2n) is 5.18. The molecule has 2 aromatic carbocycles. The van der Waals surface area contributed by atoms with Crippen molar-refractivity contribution in [3.63, 3.8) is 0 Å². The molecule has 2 N–H and O–H groups in total. The van der Waals surface area contributed by atoms with Crippen LogP contribution in [0.4, 0.5) is 28.9 Å². The smallest absolute Gasteiger partial charge is 0.324 e. The molecule has 8 heteroatoms. The first kappa shape index (κ1) is 18.4. The summed E-state index contributed by atoms with van der Waals surface area (Å²) >= 11 is 0. The molecule has 0 unspecified atom stereocenters. The fourth-order valence-electron chi connectivity index (χ4n) is 2.06. The van der Waals surface area contributed by atoms with Crippen molar-refractivity contribution >= 4 is 23.2 Å². The number of carbonyl (C=O) groups is 2. The van der Waals surface area contributed by atoms with Crippen molar-refractivity contribution in [1.29, 1.82) is 0 Å². The van der Waals surface area contributed by atoms with Crippen LogP contribution in [0.5, 0.6) is 0 Å². The highest BCUT2D eigenvalue weighted by Gasteiger charge is 2.39. The first-order valence-corrected chi connectivity index (χ1v) is 7.27. The first-order chi connectivity index (χ1) is 11.8. The zero-order valence-corrected chi connectivity index (χ0v) is 12.9. The average Bonchev–Trinajstić information content (AvgIpc) is 2.54. The van der Waals surface area contributed by atoms with Crippen molar-refractivity contribution in [3.8, 4) is 0 Å². The van der Waals surface area contributed by atoms with E-state index in [0.29, 0.717) is 5.56 Å². The number of carbonyl (C=O) groups excluding carboxylic acids is 2. The number of hydrogen-bond donors (Lipinski definition) is 2. The maximum atomic E-state index is 13.1. The Kier molecular flexibility index (Phi) is 5.74. The minimum Gasteiger partial charge on any atom is -0.324 e. The van der Waals surface area contributed by atoms with Crippen molar-refractivity contribution in [3.05, 3.63) is 59.9 Å². The van der Waals surface area contributed by atoms with E-state index in [1.165, 1.54) is 42.5 Å². The number of hydrogen-bond acceptors (Lipinski definition) is 2. The van der Waals surface area contributed by atoms with E-state index < -0.39 is 23.8 Å². The Hall–Kier alpha value is -2.90. The summed E-state index contributed by atoms with van der Waals surface area (Å²) in [6.45, 7) is 0. The molecule has 0 bridgehead atoms. The van der Waals surface area contributed by atoms with E-state index in [4.69, 9.17) is 0 Å². The summed E-state index contributed by atoms with van der Waals surface area (Å²) in [5.41, 5.74) is 0.502. The van der Waals surface area contributed by atoms with Crippen LogP contribution in [-0.2, 0) is 16.0 Å². The third kappa shape index (κ3) is 5.59. The Morgan fingerprint density at radius 3 is 2.16 bits per heavy atom. The zero-order valence-electron chi connectivity index (χ0n) is 12.9. The quantitative estimate of drug-likeness (QED) is 0.800. The Bertz CT molecular complexity index is 775. The second kappa shape index (κ2) is 7.78. The van der Waals surface area contributed by atoms with Gasteiger partial charge in [-0.05, 0) is 36.2 Å². The van der Waals surface area contributed by atoms with E-state index in [9.17, 15) is 27.2 Å². The molecular formula is C17H14F4N2O2. The highest BCUT2D eigenvalue weighted by Crippen LogP contribution is 2.24. The number of nitrogens with one attached hydrogen (secondary N) is 2. The van der Waals surface area contributed by atoms with Gasteiger partial charge in [0, 0.05) is 6.42 Å². The molecule has 0 saturated carbocycles. The molecule has 0 heterocycles. The summed E-state index contributed by atoms with van der Waals surface area (Å²) in [7, 11) is 0. The molecule has 0 spiro atoms. The standard InChI is InChI=1S/C17H14F4N2O2/c18-12-5-3-4-11(10-12)8-9-15(24)22-13-6-1-2-7-14(13)23-16(25)17(19,20)21/h1-7,10H,8-9H2,(H,22,24)(H,23,25). The topological polar surface area (TPSA) is 58.2 Å². The van der Waals surface area contributed by atoms with Gasteiger partial charge in [-0.1, -0.05) is 24.3 Å². The summed E-state index contributed by atoms with van der Waals surface area (Å²) < 4.78 is 50.1. The van der Waals surface area contributed by atoms with Crippen molar-refractivity contribution in [1.82, 2.24) is 0 Å². The number of aryl methyl sites for hydroxylation is 1. The molecule has 2 amide bonds. The Labute approximate surface area is 140 Å². The molecule has 0 aliphatic heterocycles. The normalized spacial score (nSPS) is 11.0. The van der Waals surface area contributed by atoms with Gasteiger partial charge in [0.25, 0.3) is 0 Å². The Morgan fingerprint density at radius 2 is 1.56 bits per heavy atom. The highest BCUT2D eigenvalue weighted by atomic mass is 19.4. The third-order valence-electron chi connectivity index (χ3n) is 3.24. The van der Waals surface area contributed by atoms with Crippen LogP contribution in [0.15, 0.2) is 48.5 Å². The van der Waals surface area contributed by atoms with E-state index >= 15 is 0 Å². The van der Waals surface area contributed by atoms with Crippen molar-refractivity contribution in [2.24, 2.45) is 0 Å². The molecule has 4 nitrogen and oxygen atoms in total. The van der Waals surface area contributed by atoms with Gasteiger partial charge in [0.05, 0.1) is 11.4 Å². The molecule has 0 radical (unpaired) electrons. The summed E-state index contributed by atoms with van der Waals surface area (Å²) in [5, 5.41) is 4.15. The van der Waals surface area contributed by atoms with Crippen LogP contribution in [0.3, 0.4) is 0 Å². The maximum absolute atomic E-state index is 13.1. The van der Waals surface area contributed by atoms with Crippen LogP contribution >= 0.6 is 0 Å². The number of alkyl halides is 3. The molecule has 0 aliphatic carbocycles. The zero-order chi connectivity index (χ0) is 18.4. The summed E-state index contributed by atoms with van der Waals surface area (Å²) in [6.07, 6.45) is -4.76. The fraction of sp³-hybridized carbons (Fsp3) is 0.176. The monoisotopic (exact) mass is 354 g/mol. The molecule has 0 atom stereocenters. The van der Waals surface area contributed by atoms with Gasteiger partial charge in [-0.15, -0.1) is 0 Å². The van der Waals surface area contributed by atoms with E-state index in [-0.39, 0.29) is 24.2 Å². The molecule has 0 saturated heterocycles. The van der Waals surface area contributed by atoms with Crippen LogP contribution in [-0.4, -0.2) is 18.0 Å². The summed E-state index contributed by atoms with van der Waals surface area (Å²) in [5.74, 6) is -3.02. The van der Waals surface area contributed by atoms with Crippen LogP contribution in [0.2, 0.25) is 0 Å². The van der Waals surface area contributed by atoms with Gasteiger partial charge in [0.15, 0.2) is 0 Å². The highest BCUT2D eigenvalue weighted by molar-refractivity contribution is 6.01. The summed E-state index contributed by atoms with van der Waals surface area (Å²) in [6, 6.07) is 11.3. The molecular weight excluding hydrogens is 340 g/mol. The van der Waals surface area contributed by atoms with Gasteiger partial charge in [-0.2, -0.15) is 13.2 Å². The predicted molar refractivity (Wildman–Crippen MR) is 84.5 cm³/mol. The van der Waals surface area contributed by atoms with Gasteiger partial charge in [-0.3, -0.25) is 9.59 Å². The van der Waals surface area contributed by atoms with Gasteiger partial charge >= 0.3 is 12.1 Å². The number of benzene rings is 2. The van der Waals surface area contributed by atoms with Crippen LogP contribution in [0, 0.1) is 5.82 Å². The van der Waals surface area contributed by atoms with Crippen molar-refractivity contribution < 1.29 is 27.2 Å². The van der Waals surface area contributed by atoms with Gasteiger partial charge in [0.2, 0.25) is 5.91 Å². The maximum Gasteiger partial charge on any atom is 0.471 e. The first-order valence-electron chi connectivity index (χ1n) is 7.27. The number of amides is 2. The number of rotatable bonds is 5. The Balaban J connectivity index is 2.00. The lowest BCUT2D eigenvalue weighted by molar-refractivity contribution is -0.167. The number of anilines is 2. The Morgan fingerprint density at radius 1 is 0.920 bits per heavy atom. The van der Waals surface area contributed by atoms with E-state index in [1.54, 1.807) is 11.4 Å². The van der Waals surface area contributed by atoms with E-state index in [1.807, 2.05) is 0 Å². The molecule has 2 rings (SSSR count). The third-order valence-corrected chi connectivity index (χ3v) is 3.24.